The minimum absolute atomic E-state index is 0.234. The number of phenols is 2. The van der Waals surface area contributed by atoms with Crippen molar-refractivity contribution >= 4 is 11.9 Å². The van der Waals surface area contributed by atoms with E-state index in [-0.39, 0.29) is 35.4 Å². The molecule has 1 amide bonds. The number of rotatable bonds is 5. The highest BCUT2D eigenvalue weighted by Crippen LogP contribution is 2.24. The van der Waals surface area contributed by atoms with Gasteiger partial charge in [0.1, 0.15) is 0 Å². The molecule has 0 unspecified atom stereocenters. The van der Waals surface area contributed by atoms with Crippen LogP contribution in [-0.2, 0) is 9.53 Å². The summed E-state index contributed by atoms with van der Waals surface area (Å²) in [6, 6.07) is 3.80. The molecule has 98 valence electrons. The predicted molar refractivity (Wildman–Crippen MR) is 63.4 cm³/mol. The number of benzene rings is 1. The van der Waals surface area contributed by atoms with Gasteiger partial charge in [-0.3, -0.25) is 9.59 Å². The Hall–Kier alpha value is -2.24. The first-order valence-corrected chi connectivity index (χ1v) is 5.41. The van der Waals surface area contributed by atoms with Gasteiger partial charge in [-0.1, -0.05) is 0 Å². The van der Waals surface area contributed by atoms with E-state index in [9.17, 15) is 14.7 Å². The summed E-state index contributed by atoms with van der Waals surface area (Å²) in [6.07, 6.45) is 0.708. The summed E-state index contributed by atoms with van der Waals surface area (Å²) >= 11 is 0. The van der Waals surface area contributed by atoms with E-state index in [1.54, 1.807) is 0 Å². The minimum Gasteiger partial charge on any atom is -0.504 e. The number of carbonyl (C=O) groups is 2. The van der Waals surface area contributed by atoms with Crippen LogP contribution < -0.4 is 5.32 Å². The number of esters is 1. The lowest BCUT2D eigenvalue weighted by Gasteiger charge is -2.05. The molecule has 0 bridgehead atoms. The molecule has 0 radical (unpaired) electrons. The molecule has 1 aromatic rings. The molecule has 3 N–H and O–H groups in total. The van der Waals surface area contributed by atoms with Crippen LogP contribution in [0.15, 0.2) is 18.2 Å². The quantitative estimate of drug-likeness (QED) is 0.409. The van der Waals surface area contributed by atoms with E-state index in [0.717, 1.165) is 0 Å². The Bertz CT molecular complexity index is 444. The highest BCUT2D eigenvalue weighted by atomic mass is 16.5. The number of hydrogen-bond acceptors (Lipinski definition) is 5. The molecular formula is C12H15NO5. The Morgan fingerprint density at radius 3 is 2.61 bits per heavy atom. The largest absolute Gasteiger partial charge is 0.504 e. The van der Waals surface area contributed by atoms with Crippen LogP contribution in [0, 0.1) is 0 Å². The number of nitrogens with one attached hydrogen (secondary N) is 1. The molecule has 0 saturated heterocycles. The maximum Gasteiger partial charge on any atom is 0.305 e. The van der Waals surface area contributed by atoms with Gasteiger partial charge >= 0.3 is 5.97 Å². The lowest BCUT2D eigenvalue weighted by atomic mass is 10.2. The van der Waals surface area contributed by atoms with Gasteiger partial charge in [0.15, 0.2) is 11.5 Å². The Morgan fingerprint density at radius 1 is 1.28 bits per heavy atom. The van der Waals surface area contributed by atoms with Gasteiger partial charge in [-0.05, 0) is 24.6 Å². The molecule has 0 aromatic heterocycles. The molecular weight excluding hydrogens is 238 g/mol. The van der Waals surface area contributed by atoms with Gasteiger partial charge in [0.05, 0.1) is 7.11 Å². The summed E-state index contributed by atoms with van der Waals surface area (Å²) in [7, 11) is 1.31. The molecule has 0 spiro atoms. The van der Waals surface area contributed by atoms with Gasteiger partial charge in [0, 0.05) is 18.5 Å². The zero-order chi connectivity index (χ0) is 13.5. The molecule has 0 aliphatic rings. The third-order valence-corrected chi connectivity index (χ3v) is 2.31. The van der Waals surface area contributed by atoms with Crippen molar-refractivity contribution < 1.29 is 24.5 Å². The SMILES string of the molecule is COC(=O)CCCNC(=O)c1ccc(O)c(O)c1. The standard InChI is InChI=1S/C12H15NO5/c1-18-11(16)3-2-6-13-12(17)8-4-5-9(14)10(15)7-8/h4-5,7,14-15H,2-3,6H2,1H3,(H,13,17). The topological polar surface area (TPSA) is 95.9 Å². The molecule has 1 aromatic carbocycles. The summed E-state index contributed by atoms with van der Waals surface area (Å²) in [5.74, 6) is -1.34. The van der Waals surface area contributed by atoms with Crippen LogP contribution in [-0.4, -0.2) is 35.7 Å². The highest BCUT2D eigenvalue weighted by Gasteiger charge is 2.08. The first-order chi connectivity index (χ1) is 8.54. The molecule has 1 rings (SSSR count). The van der Waals surface area contributed by atoms with Crippen LogP contribution in [0.3, 0.4) is 0 Å². The molecule has 0 fully saturated rings. The number of amides is 1. The van der Waals surface area contributed by atoms with Crippen LogP contribution in [0.4, 0.5) is 0 Å². The van der Waals surface area contributed by atoms with E-state index in [4.69, 9.17) is 5.11 Å². The van der Waals surface area contributed by atoms with Gasteiger partial charge in [-0.15, -0.1) is 0 Å². The highest BCUT2D eigenvalue weighted by molar-refractivity contribution is 5.94. The Labute approximate surface area is 104 Å². The molecule has 6 nitrogen and oxygen atoms in total. The zero-order valence-electron chi connectivity index (χ0n) is 9.97. The fourth-order valence-corrected chi connectivity index (χ4v) is 1.30. The predicted octanol–water partition coefficient (Wildman–Crippen LogP) is 0.781. The van der Waals surface area contributed by atoms with Crippen LogP contribution in [0.2, 0.25) is 0 Å². The first kappa shape index (κ1) is 13.8. The monoisotopic (exact) mass is 253 g/mol. The maximum absolute atomic E-state index is 11.6. The Kier molecular flexibility index (Phi) is 4.98. The van der Waals surface area contributed by atoms with Crippen LogP contribution >= 0.6 is 0 Å². The maximum atomic E-state index is 11.6. The molecule has 0 aliphatic carbocycles. The smallest absolute Gasteiger partial charge is 0.305 e. The molecule has 0 atom stereocenters. The second-order valence-electron chi connectivity index (χ2n) is 3.64. The van der Waals surface area contributed by atoms with E-state index in [1.165, 1.54) is 25.3 Å². The van der Waals surface area contributed by atoms with Gasteiger partial charge in [0.25, 0.3) is 5.91 Å². The minimum atomic E-state index is -0.379. The van der Waals surface area contributed by atoms with Crippen molar-refractivity contribution in [2.45, 2.75) is 12.8 Å². The second-order valence-corrected chi connectivity index (χ2v) is 3.64. The average Bonchev–Trinajstić information content (AvgIpc) is 2.37. The fourth-order valence-electron chi connectivity index (χ4n) is 1.30. The van der Waals surface area contributed by atoms with Crippen molar-refractivity contribution in [3.8, 4) is 11.5 Å². The summed E-state index contributed by atoms with van der Waals surface area (Å²) in [5, 5.41) is 20.9. The molecule has 6 heteroatoms. The number of methoxy groups -OCH3 is 1. The molecule has 0 saturated carbocycles. The second kappa shape index (κ2) is 6.48. The summed E-state index contributed by atoms with van der Waals surface area (Å²) in [6.45, 7) is 0.329. The number of carbonyl (C=O) groups excluding carboxylic acids is 2. The summed E-state index contributed by atoms with van der Waals surface area (Å²) in [5.41, 5.74) is 0.239. The summed E-state index contributed by atoms with van der Waals surface area (Å²) < 4.78 is 4.46. The van der Waals surface area contributed by atoms with Crippen molar-refractivity contribution in [2.75, 3.05) is 13.7 Å². The fraction of sp³-hybridized carbons (Fsp3) is 0.333. The Balaban J connectivity index is 2.41. The van der Waals surface area contributed by atoms with E-state index in [1.807, 2.05) is 0 Å². The van der Waals surface area contributed by atoms with E-state index in [0.29, 0.717) is 13.0 Å². The van der Waals surface area contributed by atoms with Crippen molar-refractivity contribution in [3.05, 3.63) is 23.8 Å². The van der Waals surface area contributed by atoms with E-state index < -0.39 is 0 Å². The third kappa shape index (κ3) is 3.97. The lowest BCUT2D eigenvalue weighted by Crippen LogP contribution is -2.24. The molecule has 0 aliphatic heterocycles. The lowest BCUT2D eigenvalue weighted by molar-refractivity contribution is -0.140. The van der Waals surface area contributed by atoms with Crippen molar-refractivity contribution in [1.29, 1.82) is 0 Å². The normalized spacial score (nSPS) is 9.83. The zero-order valence-corrected chi connectivity index (χ0v) is 9.97. The number of hydrogen-bond donors (Lipinski definition) is 3. The van der Waals surface area contributed by atoms with E-state index >= 15 is 0 Å². The van der Waals surface area contributed by atoms with Crippen LogP contribution in [0.5, 0.6) is 11.5 Å². The Morgan fingerprint density at radius 2 is 2.00 bits per heavy atom. The third-order valence-electron chi connectivity index (χ3n) is 2.31. The van der Waals surface area contributed by atoms with Gasteiger partial charge in [-0.25, -0.2) is 0 Å². The number of aromatic hydroxyl groups is 2. The van der Waals surface area contributed by atoms with Gasteiger partial charge in [0.2, 0.25) is 0 Å². The van der Waals surface area contributed by atoms with Crippen LogP contribution in [0.1, 0.15) is 23.2 Å². The van der Waals surface area contributed by atoms with Crippen molar-refractivity contribution in [3.63, 3.8) is 0 Å². The first-order valence-electron chi connectivity index (χ1n) is 5.41. The van der Waals surface area contributed by atoms with E-state index in [2.05, 4.69) is 10.1 Å². The number of ether oxygens (including phenoxy) is 1. The molecule has 18 heavy (non-hydrogen) atoms. The van der Waals surface area contributed by atoms with Crippen molar-refractivity contribution in [1.82, 2.24) is 5.32 Å². The van der Waals surface area contributed by atoms with Crippen LogP contribution in [0.25, 0.3) is 0 Å². The average molecular weight is 253 g/mol. The van der Waals surface area contributed by atoms with Gasteiger partial charge < -0.3 is 20.3 Å². The van der Waals surface area contributed by atoms with Gasteiger partial charge in [-0.2, -0.15) is 0 Å². The summed E-state index contributed by atoms with van der Waals surface area (Å²) in [4.78, 5) is 22.4. The van der Waals surface area contributed by atoms with Crippen molar-refractivity contribution in [2.24, 2.45) is 0 Å². The molecule has 0 heterocycles. The number of phenolic OH excluding ortho intramolecular Hbond substituents is 2.